The quantitative estimate of drug-likeness (QED) is 0.735. The summed E-state index contributed by atoms with van der Waals surface area (Å²) in [5.41, 5.74) is 0. The maximum Gasteiger partial charge on any atom is 0.252 e. The number of sulfonamides is 1. The molecule has 0 atom stereocenters. The highest BCUT2D eigenvalue weighted by molar-refractivity contribution is 7.91. The Labute approximate surface area is 154 Å². The van der Waals surface area contributed by atoms with E-state index < -0.39 is 10.0 Å². The smallest absolute Gasteiger partial charge is 0.252 e. The molecule has 136 valence electrons. The average molecular weight is 402 g/mol. The van der Waals surface area contributed by atoms with E-state index in [1.807, 2.05) is 0 Å². The van der Waals surface area contributed by atoms with Gasteiger partial charge in [0.2, 0.25) is 5.91 Å². The van der Waals surface area contributed by atoms with Crippen LogP contribution in [0.4, 0.5) is 0 Å². The van der Waals surface area contributed by atoms with Crippen molar-refractivity contribution in [1.29, 1.82) is 0 Å². The molecule has 0 saturated carbocycles. The van der Waals surface area contributed by atoms with Gasteiger partial charge in [-0.1, -0.05) is 6.07 Å². The molecule has 8 nitrogen and oxygen atoms in total. The third-order valence-electron chi connectivity index (χ3n) is 4.31. The van der Waals surface area contributed by atoms with Crippen molar-refractivity contribution in [2.45, 2.75) is 23.6 Å². The average Bonchev–Trinajstić information content (AvgIpc) is 3.25. The summed E-state index contributed by atoms with van der Waals surface area (Å²) >= 11 is 6.24. The van der Waals surface area contributed by atoms with Crippen LogP contribution in [0.2, 0.25) is 0 Å². The molecule has 2 aromatic heterocycles. The summed E-state index contributed by atoms with van der Waals surface area (Å²) in [5, 5.41) is 11.3. The van der Waals surface area contributed by atoms with E-state index in [4.69, 9.17) is 12.2 Å². The molecule has 25 heavy (non-hydrogen) atoms. The number of nitrogens with one attached hydrogen (secondary N) is 2. The topological polar surface area (TPSA) is 100 Å². The van der Waals surface area contributed by atoms with Crippen LogP contribution in [0.5, 0.6) is 0 Å². The molecule has 1 fully saturated rings. The molecule has 2 aromatic rings. The van der Waals surface area contributed by atoms with Crippen LogP contribution in [0.25, 0.3) is 0 Å². The normalized spacial score (nSPS) is 16.8. The van der Waals surface area contributed by atoms with Gasteiger partial charge in [-0.3, -0.25) is 9.89 Å². The zero-order chi connectivity index (χ0) is 18.0. The van der Waals surface area contributed by atoms with Crippen molar-refractivity contribution in [2.75, 3.05) is 13.1 Å². The van der Waals surface area contributed by atoms with E-state index in [1.54, 1.807) is 29.1 Å². The number of carbonyl (C=O) groups is 1. The fraction of sp³-hybridized carbons (Fsp3) is 0.500. The highest BCUT2D eigenvalue weighted by Gasteiger charge is 2.32. The lowest BCUT2D eigenvalue weighted by atomic mass is 9.97. The highest BCUT2D eigenvalue weighted by atomic mass is 32.2. The Morgan fingerprint density at radius 1 is 1.48 bits per heavy atom. The summed E-state index contributed by atoms with van der Waals surface area (Å²) < 4.78 is 29.0. The number of aromatic amines is 1. The maximum absolute atomic E-state index is 12.5. The van der Waals surface area contributed by atoms with Crippen LogP contribution < -0.4 is 5.32 Å². The fourth-order valence-electron chi connectivity index (χ4n) is 2.74. The van der Waals surface area contributed by atoms with Gasteiger partial charge in [0.1, 0.15) is 4.21 Å². The lowest BCUT2D eigenvalue weighted by Crippen LogP contribution is -2.42. The molecule has 1 saturated heterocycles. The number of rotatable bonds is 5. The molecule has 1 aliphatic rings. The third kappa shape index (κ3) is 3.84. The number of carbonyl (C=O) groups excluding carboxylic acids is 1. The van der Waals surface area contributed by atoms with Crippen molar-refractivity contribution >= 4 is 39.5 Å². The van der Waals surface area contributed by atoms with Crippen molar-refractivity contribution in [3.8, 4) is 0 Å². The Balaban J connectivity index is 1.54. The van der Waals surface area contributed by atoms with E-state index in [-0.39, 0.29) is 18.4 Å². The Morgan fingerprint density at radius 3 is 2.76 bits per heavy atom. The molecular weight excluding hydrogens is 382 g/mol. The van der Waals surface area contributed by atoms with Crippen LogP contribution >= 0.6 is 23.6 Å². The van der Waals surface area contributed by atoms with Crippen molar-refractivity contribution in [2.24, 2.45) is 13.0 Å². The van der Waals surface area contributed by atoms with E-state index in [0.717, 1.165) is 0 Å². The van der Waals surface area contributed by atoms with E-state index in [1.165, 1.54) is 15.6 Å². The number of H-pyrrole nitrogens is 1. The first kappa shape index (κ1) is 18.2. The van der Waals surface area contributed by atoms with Gasteiger partial charge >= 0.3 is 0 Å². The van der Waals surface area contributed by atoms with Crippen molar-refractivity contribution < 1.29 is 13.2 Å². The lowest BCUT2D eigenvalue weighted by Gasteiger charge is -2.30. The second-order valence-electron chi connectivity index (χ2n) is 5.83. The number of aromatic nitrogens is 3. The predicted molar refractivity (Wildman–Crippen MR) is 96.0 cm³/mol. The summed E-state index contributed by atoms with van der Waals surface area (Å²) in [6.07, 6.45) is 1.02. The van der Waals surface area contributed by atoms with Gasteiger partial charge in [-0.15, -0.1) is 11.3 Å². The van der Waals surface area contributed by atoms with E-state index in [2.05, 4.69) is 15.5 Å². The summed E-state index contributed by atoms with van der Waals surface area (Å²) in [6.45, 7) is 0.992. The van der Waals surface area contributed by atoms with Crippen molar-refractivity contribution in [1.82, 2.24) is 24.4 Å². The van der Waals surface area contributed by atoms with Gasteiger partial charge in [-0.2, -0.15) is 9.40 Å². The zero-order valence-electron chi connectivity index (χ0n) is 13.6. The maximum atomic E-state index is 12.5. The van der Waals surface area contributed by atoms with Gasteiger partial charge < -0.3 is 9.88 Å². The van der Waals surface area contributed by atoms with Gasteiger partial charge in [-0.05, 0) is 36.5 Å². The van der Waals surface area contributed by atoms with Crippen LogP contribution in [0.3, 0.4) is 0 Å². The summed E-state index contributed by atoms with van der Waals surface area (Å²) in [4.78, 5) is 12.3. The first-order valence-corrected chi connectivity index (χ1v) is 10.5. The zero-order valence-corrected chi connectivity index (χ0v) is 16.1. The van der Waals surface area contributed by atoms with Gasteiger partial charge in [0.15, 0.2) is 10.6 Å². The Morgan fingerprint density at radius 2 is 2.20 bits per heavy atom. The van der Waals surface area contributed by atoms with Crippen LogP contribution in [0, 0.1) is 10.7 Å². The molecule has 0 unspecified atom stereocenters. The number of hydrogen-bond donors (Lipinski definition) is 2. The Kier molecular flexibility index (Phi) is 5.37. The third-order valence-corrected chi connectivity index (χ3v) is 7.94. The summed E-state index contributed by atoms with van der Waals surface area (Å²) in [5.74, 6) is 0.375. The monoisotopic (exact) mass is 401 g/mol. The minimum absolute atomic E-state index is 0.0814. The molecule has 3 rings (SSSR count). The number of nitrogens with zero attached hydrogens (tertiary/aromatic N) is 3. The Bertz CT molecular complexity index is 893. The van der Waals surface area contributed by atoms with Crippen LogP contribution in [-0.2, 0) is 28.4 Å². The second kappa shape index (κ2) is 7.36. The molecule has 1 amide bonds. The molecule has 1 aliphatic heterocycles. The molecule has 0 aliphatic carbocycles. The van der Waals surface area contributed by atoms with Crippen molar-refractivity contribution in [3.63, 3.8) is 0 Å². The molecule has 0 bridgehead atoms. The van der Waals surface area contributed by atoms with E-state index >= 15 is 0 Å². The van der Waals surface area contributed by atoms with Gasteiger partial charge in [-0.25, -0.2) is 8.42 Å². The van der Waals surface area contributed by atoms with E-state index in [0.29, 0.717) is 40.7 Å². The van der Waals surface area contributed by atoms with Gasteiger partial charge in [0, 0.05) is 26.1 Å². The number of amides is 1. The summed E-state index contributed by atoms with van der Waals surface area (Å²) in [7, 11) is -1.66. The fourth-order valence-corrected chi connectivity index (χ4v) is 5.51. The van der Waals surface area contributed by atoms with Crippen molar-refractivity contribution in [3.05, 3.63) is 28.1 Å². The van der Waals surface area contributed by atoms with Gasteiger partial charge in [0.05, 0.1) is 6.54 Å². The molecule has 3 heterocycles. The molecule has 2 N–H and O–H groups in total. The minimum atomic E-state index is -3.43. The van der Waals surface area contributed by atoms with Crippen LogP contribution in [-0.4, -0.2) is 46.5 Å². The first-order chi connectivity index (χ1) is 11.9. The SMILES string of the molecule is Cn1c(CNC(=O)C2CCN(S(=O)(=O)c3cccs3)CC2)n[nH]c1=S. The standard InChI is InChI=1S/C14H19N5O3S3/c1-18-11(16-17-14(18)23)9-15-13(20)10-4-6-19(7-5-10)25(21,22)12-3-2-8-24-12/h2-3,8,10H,4-7,9H2,1H3,(H,15,20)(H,17,23). The predicted octanol–water partition coefficient (Wildman–Crippen LogP) is 1.26. The van der Waals surface area contributed by atoms with Crippen LogP contribution in [0.15, 0.2) is 21.7 Å². The molecule has 0 radical (unpaired) electrons. The minimum Gasteiger partial charge on any atom is -0.349 e. The molecule has 0 spiro atoms. The molecule has 11 heteroatoms. The number of piperidine rings is 1. The highest BCUT2D eigenvalue weighted by Crippen LogP contribution is 2.26. The lowest BCUT2D eigenvalue weighted by molar-refractivity contribution is -0.126. The number of hydrogen-bond acceptors (Lipinski definition) is 6. The molecular formula is C14H19N5O3S3. The Hall–Kier alpha value is -1.56. The first-order valence-electron chi connectivity index (χ1n) is 7.81. The summed E-state index contributed by atoms with van der Waals surface area (Å²) in [6, 6.07) is 3.33. The second-order valence-corrected chi connectivity index (χ2v) is 9.33. The largest absolute Gasteiger partial charge is 0.349 e. The van der Waals surface area contributed by atoms with Crippen LogP contribution in [0.1, 0.15) is 18.7 Å². The molecule has 0 aromatic carbocycles. The van der Waals surface area contributed by atoms with Gasteiger partial charge in [0.25, 0.3) is 10.0 Å². The van der Waals surface area contributed by atoms with E-state index in [9.17, 15) is 13.2 Å². The number of thiophene rings is 1.